The maximum atomic E-state index is 12.2. The normalized spacial score (nSPS) is 13.6. The number of hydrogen-bond acceptors (Lipinski definition) is 10. The van der Waals surface area contributed by atoms with Crippen LogP contribution in [0.15, 0.2) is 60.7 Å². The first-order valence-corrected chi connectivity index (χ1v) is 14.3. The van der Waals surface area contributed by atoms with E-state index in [4.69, 9.17) is 33.9 Å². The van der Waals surface area contributed by atoms with Crippen molar-refractivity contribution in [2.45, 2.75) is 49.0 Å². The molecule has 0 aliphatic rings. The zero-order chi connectivity index (χ0) is 28.0. The van der Waals surface area contributed by atoms with Gasteiger partial charge in [0, 0.05) is 12.8 Å². The van der Waals surface area contributed by atoms with Crippen LogP contribution in [0.1, 0.15) is 50.7 Å². The summed E-state index contributed by atoms with van der Waals surface area (Å²) in [6.07, 6.45) is 0.576. The van der Waals surface area contributed by atoms with Gasteiger partial charge in [-0.3, -0.25) is 9.59 Å². The Kier molecular flexibility index (Phi) is 12.9. The Bertz CT molecular complexity index is 1120. The van der Waals surface area contributed by atoms with Gasteiger partial charge in [0.1, 0.15) is 22.7 Å². The average molecular weight is 585 g/mol. The van der Waals surface area contributed by atoms with Crippen LogP contribution >= 0.6 is 48.0 Å². The number of rotatable bonds is 13. The minimum atomic E-state index is -0.882. The van der Waals surface area contributed by atoms with Gasteiger partial charge >= 0.3 is 11.9 Å². The van der Waals surface area contributed by atoms with Crippen molar-refractivity contribution >= 4 is 68.3 Å². The van der Waals surface area contributed by atoms with Crippen LogP contribution in [0, 0.1) is 22.7 Å². The number of nitriles is 2. The molecule has 0 spiro atoms. The maximum absolute atomic E-state index is 12.2. The number of carbonyl (C=O) groups excluding carboxylic acids is 2. The van der Waals surface area contributed by atoms with Crippen molar-refractivity contribution in [2.24, 2.45) is 0 Å². The zero-order valence-corrected chi connectivity index (χ0v) is 24.4. The second kappa shape index (κ2) is 15.6. The molecule has 0 amide bonds. The predicted octanol–water partition coefficient (Wildman–Crippen LogP) is 6.42. The summed E-state index contributed by atoms with van der Waals surface area (Å²) in [5, 5.41) is 19.3. The number of carbonyl (C=O) groups is 2. The lowest BCUT2D eigenvalue weighted by Gasteiger charge is -2.21. The van der Waals surface area contributed by atoms with Gasteiger partial charge in [-0.1, -0.05) is 109 Å². The van der Waals surface area contributed by atoms with Crippen molar-refractivity contribution in [1.82, 2.24) is 0 Å². The summed E-state index contributed by atoms with van der Waals surface area (Å²) in [7, 11) is 0. The first-order valence-electron chi connectivity index (χ1n) is 11.8. The molecule has 2 atom stereocenters. The molecule has 0 radical (unpaired) electrons. The minimum absolute atomic E-state index is 0.0292. The van der Waals surface area contributed by atoms with E-state index in [0.717, 1.165) is 11.1 Å². The Labute approximate surface area is 243 Å². The number of ether oxygens (including phenoxy) is 2. The van der Waals surface area contributed by atoms with Crippen molar-refractivity contribution in [3.63, 3.8) is 0 Å². The van der Waals surface area contributed by atoms with E-state index in [9.17, 15) is 20.1 Å². The van der Waals surface area contributed by atoms with Gasteiger partial charge in [-0.25, -0.2) is 0 Å². The van der Waals surface area contributed by atoms with Crippen LogP contribution in [0.4, 0.5) is 0 Å². The smallest absolute Gasteiger partial charge is 0.305 e. The lowest BCUT2D eigenvalue weighted by atomic mass is 10.1. The molecule has 0 bridgehead atoms. The fourth-order valence-corrected chi connectivity index (χ4v) is 6.27. The van der Waals surface area contributed by atoms with E-state index in [2.05, 4.69) is 12.1 Å². The van der Waals surface area contributed by atoms with Gasteiger partial charge in [0.25, 0.3) is 0 Å². The topological polar surface area (TPSA) is 100 Å². The van der Waals surface area contributed by atoms with Crippen LogP contribution in [0.5, 0.6) is 0 Å². The van der Waals surface area contributed by atoms with Crippen molar-refractivity contribution in [3.05, 3.63) is 71.8 Å². The Morgan fingerprint density at radius 1 is 0.737 bits per heavy atom. The van der Waals surface area contributed by atoms with Crippen LogP contribution in [0.2, 0.25) is 0 Å². The van der Waals surface area contributed by atoms with Gasteiger partial charge in [0.05, 0.1) is 20.5 Å². The minimum Gasteiger partial charge on any atom is -0.462 e. The number of benzene rings is 2. The molecule has 0 aliphatic heterocycles. The summed E-state index contributed by atoms with van der Waals surface area (Å²) in [5.74, 6) is -0.978. The molecule has 2 aromatic carbocycles. The molecular weight excluding hydrogens is 557 g/mol. The SMILES string of the molecule is CC(C#N)(CCC(=O)OCCOC(=O)CCC(C)(C#N)SC(=S)c1ccccc1)SC(=S)c1ccccc1. The molecule has 10 heteroatoms. The quantitative estimate of drug-likeness (QED) is 0.149. The summed E-state index contributed by atoms with van der Waals surface area (Å²) in [4.78, 5) is 24.3. The van der Waals surface area contributed by atoms with E-state index in [0.29, 0.717) is 8.39 Å². The molecule has 0 heterocycles. The van der Waals surface area contributed by atoms with Crippen molar-refractivity contribution in [3.8, 4) is 12.1 Å². The summed E-state index contributed by atoms with van der Waals surface area (Å²) in [5.41, 5.74) is 1.71. The molecule has 198 valence electrons. The van der Waals surface area contributed by atoms with Crippen molar-refractivity contribution in [2.75, 3.05) is 13.2 Å². The Hall–Kier alpha value is -2.76. The third-order valence-electron chi connectivity index (χ3n) is 5.35. The van der Waals surface area contributed by atoms with E-state index in [1.54, 1.807) is 13.8 Å². The van der Waals surface area contributed by atoms with Crippen LogP contribution < -0.4 is 0 Å². The standard InChI is InChI=1S/C28H28N2O4S4/c1-27(19-29,37-25(35)21-9-5-3-6-10-21)15-13-23(31)33-17-18-34-24(32)14-16-28(2,20-30)38-26(36)22-11-7-4-8-12-22/h3-12H,13-18H2,1-2H3. The molecule has 2 aromatic rings. The molecule has 38 heavy (non-hydrogen) atoms. The van der Waals surface area contributed by atoms with Gasteiger partial charge in [-0.05, 0) is 37.8 Å². The molecule has 0 fully saturated rings. The summed E-state index contributed by atoms with van der Waals surface area (Å²) >= 11 is 13.4. The average Bonchev–Trinajstić information content (AvgIpc) is 2.94. The lowest BCUT2D eigenvalue weighted by Crippen LogP contribution is -2.23. The van der Waals surface area contributed by atoms with Gasteiger partial charge in [-0.2, -0.15) is 10.5 Å². The number of thiocarbonyl (C=S) groups is 2. The van der Waals surface area contributed by atoms with Crippen LogP contribution in [0.3, 0.4) is 0 Å². The van der Waals surface area contributed by atoms with E-state index in [1.807, 2.05) is 60.7 Å². The summed E-state index contributed by atoms with van der Waals surface area (Å²) in [6, 6.07) is 23.2. The molecule has 0 aromatic heterocycles. The summed E-state index contributed by atoms with van der Waals surface area (Å²) < 4.78 is 9.70. The molecule has 2 rings (SSSR count). The number of hydrogen-bond donors (Lipinski definition) is 0. The van der Waals surface area contributed by atoms with E-state index in [1.165, 1.54) is 23.5 Å². The highest BCUT2D eigenvalue weighted by Gasteiger charge is 2.29. The van der Waals surface area contributed by atoms with Crippen molar-refractivity contribution < 1.29 is 19.1 Å². The molecule has 6 nitrogen and oxygen atoms in total. The predicted molar refractivity (Wildman–Crippen MR) is 160 cm³/mol. The van der Waals surface area contributed by atoms with Crippen LogP contribution in [0.25, 0.3) is 0 Å². The number of thioether (sulfide) groups is 2. The molecule has 0 saturated carbocycles. The highest BCUT2D eigenvalue weighted by molar-refractivity contribution is 8.25. The highest BCUT2D eigenvalue weighted by Crippen LogP contribution is 2.34. The zero-order valence-electron chi connectivity index (χ0n) is 21.2. The highest BCUT2D eigenvalue weighted by atomic mass is 32.2. The van der Waals surface area contributed by atoms with E-state index in [-0.39, 0.29) is 38.9 Å². The third kappa shape index (κ3) is 10.9. The molecular formula is C28H28N2O4S4. The van der Waals surface area contributed by atoms with Gasteiger partial charge < -0.3 is 9.47 Å². The van der Waals surface area contributed by atoms with Gasteiger partial charge in [0.2, 0.25) is 0 Å². The monoisotopic (exact) mass is 584 g/mol. The van der Waals surface area contributed by atoms with Gasteiger partial charge in [-0.15, -0.1) is 0 Å². The lowest BCUT2D eigenvalue weighted by molar-refractivity contribution is -0.152. The first-order chi connectivity index (χ1) is 18.1. The third-order valence-corrected chi connectivity index (χ3v) is 8.66. The fourth-order valence-electron chi connectivity index (χ4n) is 3.07. The largest absolute Gasteiger partial charge is 0.462 e. The molecule has 2 unspecified atom stereocenters. The van der Waals surface area contributed by atoms with Gasteiger partial charge in [0.15, 0.2) is 0 Å². The second-order valence-electron chi connectivity index (χ2n) is 8.64. The fraction of sp³-hybridized carbons (Fsp3) is 0.357. The molecule has 0 aliphatic carbocycles. The Morgan fingerprint density at radius 3 is 1.39 bits per heavy atom. The number of esters is 2. The first kappa shape index (κ1) is 31.5. The Morgan fingerprint density at radius 2 is 1.08 bits per heavy atom. The van der Waals surface area contributed by atoms with Crippen LogP contribution in [-0.4, -0.2) is 43.0 Å². The maximum Gasteiger partial charge on any atom is 0.305 e. The van der Waals surface area contributed by atoms with E-state index >= 15 is 0 Å². The number of nitrogens with zero attached hydrogens (tertiary/aromatic N) is 2. The van der Waals surface area contributed by atoms with Crippen LogP contribution in [-0.2, 0) is 19.1 Å². The molecule has 0 saturated heterocycles. The Balaban J connectivity index is 1.68. The summed E-state index contributed by atoms with van der Waals surface area (Å²) in [6.45, 7) is 3.29. The van der Waals surface area contributed by atoms with E-state index < -0.39 is 21.4 Å². The molecule has 0 N–H and O–H groups in total. The van der Waals surface area contributed by atoms with Crippen molar-refractivity contribution in [1.29, 1.82) is 10.5 Å². The second-order valence-corrected chi connectivity index (χ2v) is 13.0.